The first-order valence-electron chi connectivity index (χ1n) is 13.3. The Hall–Kier alpha value is -3.25. The van der Waals surface area contributed by atoms with E-state index in [0.717, 1.165) is 34.3 Å². The second-order valence-electron chi connectivity index (χ2n) is 10.4. The molecular formula is C30H36N4O2. The molecule has 2 amide bonds. The molecule has 6 heteroatoms. The molecule has 6 nitrogen and oxygen atoms in total. The number of carbonyl (C=O) groups excluding carboxylic acids is 2. The van der Waals surface area contributed by atoms with Crippen molar-refractivity contribution in [3.05, 3.63) is 65.7 Å². The summed E-state index contributed by atoms with van der Waals surface area (Å²) in [6.45, 7) is 4.44. The van der Waals surface area contributed by atoms with Crippen LogP contribution in [0.2, 0.25) is 0 Å². The summed E-state index contributed by atoms with van der Waals surface area (Å²) in [4.78, 5) is 35.5. The Morgan fingerprint density at radius 1 is 1.03 bits per heavy atom. The minimum absolute atomic E-state index is 0.0423. The Morgan fingerprint density at radius 2 is 1.75 bits per heavy atom. The van der Waals surface area contributed by atoms with Crippen LogP contribution in [-0.2, 0) is 11.3 Å². The highest BCUT2D eigenvalue weighted by molar-refractivity contribution is 6.09. The van der Waals surface area contributed by atoms with Crippen molar-refractivity contribution in [2.75, 3.05) is 26.7 Å². The zero-order valence-electron chi connectivity index (χ0n) is 21.4. The van der Waals surface area contributed by atoms with Gasteiger partial charge in [-0.25, -0.2) is 4.98 Å². The number of hydrogen-bond donors (Lipinski definition) is 1. The van der Waals surface area contributed by atoms with Crippen molar-refractivity contribution in [1.82, 2.24) is 20.1 Å². The third-order valence-electron chi connectivity index (χ3n) is 7.90. The highest BCUT2D eigenvalue weighted by Crippen LogP contribution is 2.32. The number of hydrogen-bond acceptors (Lipinski definition) is 4. The van der Waals surface area contributed by atoms with Crippen LogP contribution in [0.1, 0.15) is 54.9 Å². The van der Waals surface area contributed by atoms with Gasteiger partial charge in [-0.15, -0.1) is 0 Å². The van der Waals surface area contributed by atoms with Gasteiger partial charge in [0.25, 0.3) is 5.91 Å². The number of para-hydroxylation sites is 1. The predicted molar refractivity (Wildman–Crippen MR) is 144 cm³/mol. The van der Waals surface area contributed by atoms with Crippen molar-refractivity contribution in [3.8, 4) is 11.3 Å². The number of fused-ring (bicyclic) bond motifs is 1. The molecule has 3 aromatic rings. The number of pyridine rings is 1. The van der Waals surface area contributed by atoms with Gasteiger partial charge >= 0.3 is 0 Å². The summed E-state index contributed by atoms with van der Waals surface area (Å²) in [7, 11) is 1.85. The molecule has 1 saturated carbocycles. The van der Waals surface area contributed by atoms with Gasteiger partial charge in [0.2, 0.25) is 5.91 Å². The summed E-state index contributed by atoms with van der Waals surface area (Å²) in [6.07, 6.45) is 6.11. The number of piperazine rings is 1. The summed E-state index contributed by atoms with van der Waals surface area (Å²) in [6, 6.07) is 18.1. The van der Waals surface area contributed by atoms with Crippen molar-refractivity contribution in [1.29, 1.82) is 0 Å². The van der Waals surface area contributed by atoms with Crippen molar-refractivity contribution >= 4 is 22.7 Å². The van der Waals surface area contributed by atoms with Crippen LogP contribution in [0.15, 0.2) is 54.6 Å². The maximum absolute atomic E-state index is 14.0. The molecule has 2 fully saturated rings. The second kappa shape index (κ2) is 10.8. The molecule has 1 aliphatic heterocycles. The molecule has 188 valence electrons. The molecule has 1 saturated heterocycles. The standard InChI is InChI=1S/C30H36N4O2/c1-21(22-11-5-3-6-12-22)31-30(36)28-24-15-9-10-16-26(24)32-29(23-13-7-4-8-14-23)25(28)19-34-18-17-33(2)27(35)20-34/h4,7-10,13-16,21-22H,3,5-6,11-12,17-20H2,1-2H3,(H,31,36)/t21-/m0/s1. The van der Waals surface area contributed by atoms with Gasteiger partial charge < -0.3 is 10.2 Å². The molecule has 1 N–H and O–H groups in total. The molecule has 0 unspecified atom stereocenters. The van der Waals surface area contributed by atoms with Crippen LogP contribution in [-0.4, -0.2) is 59.3 Å². The third-order valence-corrected chi connectivity index (χ3v) is 7.90. The van der Waals surface area contributed by atoms with E-state index < -0.39 is 0 Å². The van der Waals surface area contributed by atoms with Gasteiger partial charge in [0.15, 0.2) is 0 Å². The van der Waals surface area contributed by atoms with Crippen molar-refractivity contribution in [3.63, 3.8) is 0 Å². The van der Waals surface area contributed by atoms with E-state index in [1.807, 2.05) is 61.6 Å². The van der Waals surface area contributed by atoms with Gasteiger partial charge in [-0.2, -0.15) is 0 Å². The first-order valence-corrected chi connectivity index (χ1v) is 13.3. The van der Waals surface area contributed by atoms with Crippen LogP contribution in [0.25, 0.3) is 22.2 Å². The Bertz CT molecular complexity index is 1240. The normalized spacial score (nSPS) is 18.4. The molecule has 2 heterocycles. The van der Waals surface area contributed by atoms with E-state index >= 15 is 0 Å². The molecule has 2 aliphatic rings. The van der Waals surface area contributed by atoms with Crippen LogP contribution in [0, 0.1) is 5.92 Å². The molecule has 1 aliphatic carbocycles. The van der Waals surface area contributed by atoms with Crippen LogP contribution >= 0.6 is 0 Å². The second-order valence-corrected chi connectivity index (χ2v) is 10.4. The van der Waals surface area contributed by atoms with Crippen LogP contribution in [0.5, 0.6) is 0 Å². The first kappa shape index (κ1) is 24.4. The van der Waals surface area contributed by atoms with Crippen LogP contribution in [0.3, 0.4) is 0 Å². The van der Waals surface area contributed by atoms with Crippen molar-refractivity contribution in [2.24, 2.45) is 5.92 Å². The number of nitrogens with one attached hydrogen (secondary N) is 1. The molecule has 0 radical (unpaired) electrons. The number of carbonyl (C=O) groups is 2. The smallest absolute Gasteiger partial charge is 0.252 e. The number of benzene rings is 2. The lowest BCUT2D eigenvalue weighted by atomic mass is 9.84. The van der Waals surface area contributed by atoms with Crippen molar-refractivity contribution in [2.45, 2.75) is 51.6 Å². The van der Waals surface area contributed by atoms with Gasteiger partial charge in [0.05, 0.1) is 23.3 Å². The number of nitrogens with zero attached hydrogens (tertiary/aromatic N) is 3. The van der Waals surface area contributed by atoms with E-state index in [2.05, 4.69) is 17.1 Å². The minimum atomic E-state index is -0.0423. The maximum Gasteiger partial charge on any atom is 0.252 e. The summed E-state index contributed by atoms with van der Waals surface area (Å²) in [5.41, 5.74) is 4.19. The SMILES string of the molecule is C[C@H](NC(=O)c1c(CN2CCN(C)C(=O)C2)c(-c2ccccc2)nc2ccccc12)C1CCCCC1. The average molecular weight is 485 g/mol. The summed E-state index contributed by atoms with van der Waals surface area (Å²) in [5, 5.41) is 4.23. The fraction of sp³-hybridized carbons (Fsp3) is 0.433. The van der Waals surface area contributed by atoms with Gasteiger partial charge in [-0.3, -0.25) is 14.5 Å². The quantitative estimate of drug-likeness (QED) is 0.542. The third kappa shape index (κ3) is 5.14. The average Bonchev–Trinajstić information content (AvgIpc) is 2.91. The van der Waals surface area contributed by atoms with Crippen molar-refractivity contribution < 1.29 is 9.59 Å². The zero-order valence-corrected chi connectivity index (χ0v) is 21.4. The minimum Gasteiger partial charge on any atom is -0.349 e. The molecule has 0 bridgehead atoms. The lowest BCUT2D eigenvalue weighted by Gasteiger charge is -2.33. The van der Waals surface area contributed by atoms with E-state index in [9.17, 15) is 9.59 Å². The lowest BCUT2D eigenvalue weighted by molar-refractivity contribution is -0.134. The Balaban J connectivity index is 1.59. The zero-order chi connectivity index (χ0) is 25.1. The van der Waals surface area contributed by atoms with E-state index in [0.29, 0.717) is 31.1 Å². The molecule has 5 rings (SSSR count). The molecule has 0 spiro atoms. The highest BCUT2D eigenvalue weighted by atomic mass is 16.2. The van der Waals surface area contributed by atoms with E-state index in [1.54, 1.807) is 4.90 Å². The summed E-state index contributed by atoms with van der Waals surface area (Å²) < 4.78 is 0. The van der Waals surface area contributed by atoms with Gasteiger partial charge in [0.1, 0.15) is 0 Å². The molecule has 1 aromatic heterocycles. The monoisotopic (exact) mass is 484 g/mol. The largest absolute Gasteiger partial charge is 0.349 e. The number of amides is 2. The Morgan fingerprint density at radius 3 is 2.50 bits per heavy atom. The van der Waals surface area contributed by atoms with Gasteiger partial charge in [0, 0.05) is 49.2 Å². The van der Waals surface area contributed by atoms with E-state index in [1.165, 1.54) is 32.1 Å². The molecule has 2 aromatic carbocycles. The molecule has 36 heavy (non-hydrogen) atoms. The van der Waals surface area contributed by atoms with Gasteiger partial charge in [-0.05, 0) is 31.7 Å². The van der Waals surface area contributed by atoms with Crippen LogP contribution < -0.4 is 5.32 Å². The highest BCUT2D eigenvalue weighted by Gasteiger charge is 2.28. The number of likely N-dealkylation sites (N-methyl/N-ethyl adjacent to an activating group) is 1. The number of rotatable bonds is 6. The lowest BCUT2D eigenvalue weighted by Crippen LogP contribution is -2.48. The first-order chi connectivity index (χ1) is 17.5. The Kier molecular flexibility index (Phi) is 7.33. The van der Waals surface area contributed by atoms with Gasteiger partial charge in [-0.1, -0.05) is 67.8 Å². The fourth-order valence-electron chi connectivity index (χ4n) is 5.70. The summed E-state index contributed by atoms with van der Waals surface area (Å²) >= 11 is 0. The Labute approximate surface area is 213 Å². The van der Waals surface area contributed by atoms with Crippen LogP contribution in [0.4, 0.5) is 0 Å². The fourth-order valence-corrected chi connectivity index (χ4v) is 5.70. The summed E-state index contributed by atoms with van der Waals surface area (Å²) in [5.74, 6) is 0.579. The molecule has 1 atom stereocenters. The maximum atomic E-state index is 14.0. The molecular weight excluding hydrogens is 448 g/mol. The number of aromatic nitrogens is 1. The predicted octanol–water partition coefficient (Wildman–Crippen LogP) is 4.87. The topological polar surface area (TPSA) is 65.5 Å². The van der Waals surface area contributed by atoms with E-state index in [4.69, 9.17) is 4.98 Å². The van der Waals surface area contributed by atoms with E-state index in [-0.39, 0.29) is 17.9 Å².